The average molecular weight is 378 g/mol. The molecule has 2 N–H and O–H groups in total. The number of hydrogen-bond acceptors (Lipinski definition) is 7. The third-order valence-corrected chi connectivity index (χ3v) is 4.05. The van der Waals surface area contributed by atoms with Crippen molar-refractivity contribution >= 4 is 28.9 Å². The van der Waals surface area contributed by atoms with Gasteiger partial charge in [-0.3, -0.25) is 4.79 Å². The Morgan fingerprint density at radius 1 is 0.964 bits per heavy atom. The van der Waals surface area contributed by atoms with Crippen LogP contribution in [0, 0.1) is 6.92 Å². The Balaban J connectivity index is 1.86. The maximum atomic E-state index is 11.6. The lowest BCUT2D eigenvalue weighted by atomic mass is 10.1. The highest BCUT2D eigenvalue weighted by atomic mass is 16.5. The van der Waals surface area contributed by atoms with Crippen LogP contribution in [-0.4, -0.2) is 30.0 Å². The minimum atomic E-state index is 0.0106. The third kappa shape index (κ3) is 4.56. The van der Waals surface area contributed by atoms with Crippen molar-refractivity contribution in [2.45, 2.75) is 13.8 Å². The first-order valence-electron chi connectivity index (χ1n) is 8.71. The number of Topliss-reactive ketones (excluding diaryl/α,β-unsaturated/α-hetero) is 1. The molecule has 0 saturated carbocycles. The summed E-state index contributed by atoms with van der Waals surface area (Å²) in [6.45, 7) is 3.42. The van der Waals surface area contributed by atoms with E-state index in [0.717, 1.165) is 17.1 Å². The maximum Gasteiger partial charge on any atom is 0.229 e. The molecule has 144 valence electrons. The van der Waals surface area contributed by atoms with Crippen molar-refractivity contribution in [2.24, 2.45) is 0 Å². The second-order valence-electron chi connectivity index (χ2n) is 6.17. The molecule has 0 aliphatic carbocycles. The number of ether oxygens (including phenoxy) is 2. The van der Waals surface area contributed by atoms with E-state index >= 15 is 0 Å². The number of carbonyl (C=O) groups excluding carboxylic acids is 1. The first-order valence-corrected chi connectivity index (χ1v) is 8.71. The van der Waals surface area contributed by atoms with Crippen molar-refractivity contribution in [1.29, 1.82) is 0 Å². The van der Waals surface area contributed by atoms with Crippen LogP contribution < -0.4 is 20.1 Å². The summed E-state index contributed by atoms with van der Waals surface area (Å²) in [4.78, 5) is 20.5. The van der Waals surface area contributed by atoms with Crippen molar-refractivity contribution in [3.05, 3.63) is 59.8 Å². The van der Waals surface area contributed by atoms with Gasteiger partial charge in [-0.15, -0.1) is 0 Å². The highest BCUT2D eigenvalue weighted by Gasteiger charge is 2.09. The number of nitrogens with one attached hydrogen (secondary N) is 2. The van der Waals surface area contributed by atoms with Gasteiger partial charge < -0.3 is 20.1 Å². The number of nitrogens with zero attached hydrogens (tertiary/aromatic N) is 2. The molecule has 0 saturated heterocycles. The van der Waals surface area contributed by atoms with Crippen molar-refractivity contribution in [2.75, 3.05) is 24.9 Å². The van der Waals surface area contributed by atoms with Gasteiger partial charge in [-0.25, -0.2) is 4.98 Å². The lowest BCUT2D eigenvalue weighted by Crippen LogP contribution is -2.04. The Kier molecular flexibility index (Phi) is 5.74. The lowest BCUT2D eigenvalue weighted by Gasteiger charge is -2.13. The van der Waals surface area contributed by atoms with E-state index < -0.39 is 0 Å². The van der Waals surface area contributed by atoms with Gasteiger partial charge in [0.05, 0.1) is 19.9 Å². The molecule has 0 bridgehead atoms. The number of benzene rings is 2. The predicted molar refractivity (Wildman–Crippen MR) is 109 cm³/mol. The van der Waals surface area contributed by atoms with Crippen LogP contribution in [0.2, 0.25) is 0 Å². The molecular weight excluding hydrogens is 356 g/mol. The number of anilines is 4. The summed E-state index contributed by atoms with van der Waals surface area (Å²) in [5, 5.41) is 6.39. The van der Waals surface area contributed by atoms with E-state index in [9.17, 15) is 4.79 Å². The number of ketones is 1. The molecule has 1 aromatic heterocycles. The molecule has 0 atom stereocenters. The molecule has 3 aromatic rings. The van der Waals surface area contributed by atoms with Crippen LogP contribution in [0.15, 0.2) is 48.5 Å². The number of hydrogen-bond donors (Lipinski definition) is 2. The zero-order valence-corrected chi connectivity index (χ0v) is 16.2. The van der Waals surface area contributed by atoms with E-state index in [1.54, 1.807) is 32.4 Å². The van der Waals surface area contributed by atoms with Crippen LogP contribution in [0.3, 0.4) is 0 Å². The standard InChI is InChI=1S/C21H22N4O3/c1-13-10-20(23-16-7-5-6-15(11-16)14(2)26)25-21(22-13)24-18-9-8-17(27-3)12-19(18)28-4/h5-12H,1-4H3,(H2,22,23,24,25). The van der Waals surface area contributed by atoms with E-state index in [0.29, 0.717) is 28.8 Å². The number of methoxy groups -OCH3 is 2. The van der Waals surface area contributed by atoms with Crippen LogP contribution in [0.5, 0.6) is 11.5 Å². The number of rotatable bonds is 7. The lowest BCUT2D eigenvalue weighted by molar-refractivity contribution is 0.101. The first-order chi connectivity index (χ1) is 13.5. The van der Waals surface area contributed by atoms with Crippen LogP contribution in [0.1, 0.15) is 23.0 Å². The molecule has 7 nitrogen and oxygen atoms in total. The molecule has 0 aliphatic heterocycles. The zero-order chi connectivity index (χ0) is 20.1. The molecule has 0 fully saturated rings. The quantitative estimate of drug-likeness (QED) is 0.586. The Hall–Kier alpha value is -3.61. The Bertz CT molecular complexity index is 1000. The minimum Gasteiger partial charge on any atom is -0.497 e. The van der Waals surface area contributed by atoms with Gasteiger partial charge in [-0.2, -0.15) is 4.98 Å². The van der Waals surface area contributed by atoms with Gasteiger partial charge in [-0.1, -0.05) is 12.1 Å². The van der Waals surface area contributed by atoms with E-state index in [-0.39, 0.29) is 5.78 Å². The van der Waals surface area contributed by atoms with Crippen LogP contribution in [0.25, 0.3) is 0 Å². The predicted octanol–water partition coefficient (Wildman–Crippen LogP) is 4.49. The maximum absolute atomic E-state index is 11.6. The molecule has 28 heavy (non-hydrogen) atoms. The van der Waals surface area contributed by atoms with Gasteiger partial charge in [0.25, 0.3) is 0 Å². The Morgan fingerprint density at radius 2 is 1.79 bits per heavy atom. The molecule has 0 spiro atoms. The fraction of sp³-hybridized carbons (Fsp3) is 0.190. The van der Waals surface area contributed by atoms with Crippen LogP contribution in [0.4, 0.5) is 23.1 Å². The van der Waals surface area contributed by atoms with E-state index in [2.05, 4.69) is 20.6 Å². The van der Waals surface area contributed by atoms with E-state index in [1.807, 2.05) is 37.3 Å². The second-order valence-corrected chi connectivity index (χ2v) is 6.17. The zero-order valence-electron chi connectivity index (χ0n) is 16.2. The molecule has 0 aliphatic rings. The minimum absolute atomic E-state index is 0.0106. The molecule has 0 unspecified atom stereocenters. The fourth-order valence-corrected chi connectivity index (χ4v) is 2.67. The summed E-state index contributed by atoms with van der Waals surface area (Å²) < 4.78 is 10.6. The summed E-state index contributed by atoms with van der Waals surface area (Å²) in [6, 6.07) is 14.6. The summed E-state index contributed by atoms with van der Waals surface area (Å²) >= 11 is 0. The Morgan fingerprint density at radius 3 is 2.50 bits per heavy atom. The second kappa shape index (κ2) is 8.39. The summed E-state index contributed by atoms with van der Waals surface area (Å²) in [5.74, 6) is 2.36. The van der Waals surface area contributed by atoms with Crippen LogP contribution >= 0.6 is 0 Å². The molecule has 0 radical (unpaired) electrons. The smallest absolute Gasteiger partial charge is 0.229 e. The van der Waals surface area contributed by atoms with Gasteiger partial charge in [0, 0.05) is 29.1 Å². The molecule has 2 aromatic carbocycles. The largest absolute Gasteiger partial charge is 0.497 e. The summed E-state index contributed by atoms with van der Waals surface area (Å²) in [6.07, 6.45) is 0. The Labute approximate surface area is 163 Å². The number of aryl methyl sites for hydroxylation is 1. The molecule has 0 amide bonds. The summed E-state index contributed by atoms with van der Waals surface area (Å²) in [5.41, 5.74) is 2.92. The van der Waals surface area contributed by atoms with Gasteiger partial charge in [-0.05, 0) is 38.1 Å². The molecular formula is C21H22N4O3. The molecule has 1 heterocycles. The van der Waals surface area contributed by atoms with Crippen molar-refractivity contribution in [3.63, 3.8) is 0 Å². The van der Waals surface area contributed by atoms with Crippen molar-refractivity contribution in [1.82, 2.24) is 9.97 Å². The highest BCUT2D eigenvalue weighted by Crippen LogP contribution is 2.31. The van der Waals surface area contributed by atoms with Crippen LogP contribution in [-0.2, 0) is 0 Å². The van der Waals surface area contributed by atoms with Gasteiger partial charge >= 0.3 is 0 Å². The monoisotopic (exact) mass is 378 g/mol. The SMILES string of the molecule is COc1ccc(Nc2nc(C)cc(Nc3cccc(C(C)=O)c3)n2)c(OC)c1. The average Bonchev–Trinajstić information content (AvgIpc) is 2.68. The van der Waals surface area contributed by atoms with Gasteiger partial charge in [0.1, 0.15) is 17.3 Å². The molecule has 3 rings (SSSR count). The highest BCUT2D eigenvalue weighted by molar-refractivity contribution is 5.95. The normalized spacial score (nSPS) is 10.3. The van der Waals surface area contributed by atoms with Gasteiger partial charge in [0.15, 0.2) is 5.78 Å². The van der Waals surface area contributed by atoms with E-state index in [4.69, 9.17) is 9.47 Å². The first kappa shape index (κ1) is 19.2. The topological polar surface area (TPSA) is 85.4 Å². The van der Waals surface area contributed by atoms with Crippen molar-refractivity contribution in [3.8, 4) is 11.5 Å². The van der Waals surface area contributed by atoms with Gasteiger partial charge in [0.2, 0.25) is 5.95 Å². The molecule has 7 heteroatoms. The third-order valence-electron chi connectivity index (χ3n) is 4.05. The van der Waals surface area contributed by atoms with E-state index in [1.165, 1.54) is 6.92 Å². The fourth-order valence-electron chi connectivity index (χ4n) is 2.67. The number of aromatic nitrogens is 2. The van der Waals surface area contributed by atoms with Crippen molar-refractivity contribution < 1.29 is 14.3 Å². The number of carbonyl (C=O) groups is 1. The summed E-state index contributed by atoms with van der Waals surface area (Å²) in [7, 11) is 3.19.